The molecular formula is C12H20N4O. The Morgan fingerprint density at radius 2 is 2.06 bits per heavy atom. The highest BCUT2D eigenvalue weighted by atomic mass is 16.1. The van der Waals surface area contributed by atoms with Crippen molar-refractivity contribution in [1.29, 1.82) is 0 Å². The summed E-state index contributed by atoms with van der Waals surface area (Å²) in [5, 5.41) is 4.25. The highest BCUT2D eigenvalue weighted by molar-refractivity contribution is 5.79. The van der Waals surface area contributed by atoms with Crippen molar-refractivity contribution >= 4 is 5.78 Å². The van der Waals surface area contributed by atoms with E-state index < -0.39 is 0 Å². The predicted molar refractivity (Wildman–Crippen MR) is 64.4 cm³/mol. The summed E-state index contributed by atoms with van der Waals surface area (Å²) in [4.78, 5) is 17.8. The first kappa shape index (κ1) is 12.2. The second-order valence-corrected chi connectivity index (χ2v) is 5.07. The van der Waals surface area contributed by atoms with Gasteiger partial charge in [0.15, 0.2) is 0 Å². The Morgan fingerprint density at radius 1 is 1.35 bits per heavy atom. The van der Waals surface area contributed by atoms with Crippen molar-refractivity contribution in [3.63, 3.8) is 0 Å². The molecule has 1 aromatic rings. The van der Waals surface area contributed by atoms with Crippen LogP contribution < -0.4 is 0 Å². The van der Waals surface area contributed by atoms with Crippen molar-refractivity contribution in [1.82, 2.24) is 19.7 Å². The van der Waals surface area contributed by atoms with Gasteiger partial charge in [-0.15, -0.1) is 0 Å². The normalized spacial score (nSPS) is 17.9. The summed E-state index contributed by atoms with van der Waals surface area (Å²) in [7, 11) is 0. The molecule has 0 aromatic carbocycles. The minimum atomic E-state index is 0.380. The molecule has 1 aliphatic rings. The van der Waals surface area contributed by atoms with Crippen molar-refractivity contribution in [2.45, 2.75) is 39.8 Å². The number of piperidine rings is 1. The van der Waals surface area contributed by atoms with E-state index in [1.165, 1.54) is 0 Å². The number of likely N-dealkylation sites (tertiary alicyclic amines) is 1. The van der Waals surface area contributed by atoms with Crippen LogP contribution in [-0.4, -0.2) is 38.5 Å². The molecule has 0 bridgehead atoms. The molecule has 1 aromatic heterocycles. The number of hydrogen-bond donors (Lipinski definition) is 0. The Morgan fingerprint density at radius 3 is 2.71 bits per heavy atom. The van der Waals surface area contributed by atoms with Crippen LogP contribution in [0.3, 0.4) is 0 Å². The second kappa shape index (κ2) is 5.40. The average molecular weight is 236 g/mol. The maximum atomic E-state index is 11.2. The van der Waals surface area contributed by atoms with Crippen LogP contribution in [-0.2, 0) is 17.9 Å². The quantitative estimate of drug-likeness (QED) is 0.785. The lowest BCUT2D eigenvalue weighted by molar-refractivity contribution is -0.121. The summed E-state index contributed by atoms with van der Waals surface area (Å²) in [6, 6.07) is 0. The fourth-order valence-electron chi connectivity index (χ4n) is 2.07. The van der Waals surface area contributed by atoms with Gasteiger partial charge in [0, 0.05) is 32.5 Å². The number of nitrogens with zero attached hydrogens (tertiary/aromatic N) is 4. The van der Waals surface area contributed by atoms with Gasteiger partial charge in [0.25, 0.3) is 0 Å². The molecule has 0 N–H and O–H groups in total. The van der Waals surface area contributed by atoms with E-state index in [0.29, 0.717) is 24.5 Å². The Balaban J connectivity index is 1.94. The van der Waals surface area contributed by atoms with Crippen LogP contribution in [0.15, 0.2) is 6.33 Å². The molecule has 0 atom stereocenters. The third kappa shape index (κ3) is 3.36. The van der Waals surface area contributed by atoms with Gasteiger partial charge in [-0.2, -0.15) is 5.10 Å². The standard InChI is InChI=1S/C12H20N4O/c1-10(2)7-16-12(13-9-14-16)8-15-5-3-11(17)4-6-15/h9-10H,3-8H2,1-2H3. The van der Waals surface area contributed by atoms with Crippen LogP contribution in [0, 0.1) is 5.92 Å². The SMILES string of the molecule is CC(C)Cn1ncnc1CN1CCC(=O)CC1. The van der Waals surface area contributed by atoms with E-state index in [9.17, 15) is 4.79 Å². The molecule has 2 rings (SSSR count). The van der Waals surface area contributed by atoms with Gasteiger partial charge in [-0.05, 0) is 5.92 Å². The number of aromatic nitrogens is 3. The van der Waals surface area contributed by atoms with Crippen LogP contribution in [0.2, 0.25) is 0 Å². The number of carbonyl (C=O) groups is 1. The molecule has 1 fully saturated rings. The van der Waals surface area contributed by atoms with E-state index in [1.54, 1.807) is 6.33 Å². The fraction of sp³-hybridized carbons (Fsp3) is 0.750. The fourth-order valence-corrected chi connectivity index (χ4v) is 2.07. The second-order valence-electron chi connectivity index (χ2n) is 5.07. The van der Waals surface area contributed by atoms with Gasteiger partial charge in [-0.25, -0.2) is 9.67 Å². The molecule has 1 aliphatic heterocycles. The first-order valence-corrected chi connectivity index (χ1v) is 6.26. The number of rotatable bonds is 4. The topological polar surface area (TPSA) is 51.0 Å². The lowest BCUT2D eigenvalue weighted by Crippen LogP contribution is -2.34. The van der Waals surface area contributed by atoms with Gasteiger partial charge < -0.3 is 0 Å². The highest BCUT2D eigenvalue weighted by Crippen LogP contribution is 2.10. The van der Waals surface area contributed by atoms with Crippen molar-refractivity contribution in [3.8, 4) is 0 Å². The molecule has 0 radical (unpaired) electrons. The van der Waals surface area contributed by atoms with Crippen LogP contribution >= 0.6 is 0 Å². The zero-order chi connectivity index (χ0) is 12.3. The smallest absolute Gasteiger partial charge is 0.141 e. The third-order valence-electron chi connectivity index (χ3n) is 3.01. The maximum Gasteiger partial charge on any atom is 0.141 e. The van der Waals surface area contributed by atoms with Gasteiger partial charge in [0.2, 0.25) is 0 Å². The molecule has 2 heterocycles. The summed E-state index contributed by atoms with van der Waals surface area (Å²) in [5.41, 5.74) is 0. The van der Waals surface area contributed by atoms with Crippen molar-refractivity contribution in [2.24, 2.45) is 5.92 Å². The Labute approximate surface area is 102 Å². The largest absolute Gasteiger partial charge is 0.300 e. The van der Waals surface area contributed by atoms with Gasteiger partial charge in [0.1, 0.15) is 17.9 Å². The first-order valence-electron chi connectivity index (χ1n) is 6.26. The van der Waals surface area contributed by atoms with E-state index in [1.807, 2.05) is 4.68 Å². The van der Waals surface area contributed by atoms with Crippen molar-refractivity contribution in [2.75, 3.05) is 13.1 Å². The molecule has 0 saturated carbocycles. The zero-order valence-electron chi connectivity index (χ0n) is 10.6. The van der Waals surface area contributed by atoms with Gasteiger partial charge in [-0.3, -0.25) is 9.69 Å². The molecule has 1 saturated heterocycles. The number of hydrogen-bond acceptors (Lipinski definition) is 4. The van der Waals surface area contributed by atoms with Crippen molar-refractivity contribution < 1.29 is 4.79 Å². The number of Topliss-reactive ketones (excluding diaryl/α,β-unsaturated/α-hetero) is 1. The average Bonchev–Trinajstić information content (AvgIpc) is 2.68. The minimum Gasteiger partial charge on any atom is -0.300 e. The van der Waals surface area contributed by atoms with E-state index in [2.05, 4.69) is 28.8 Å². The van der Waals surface area contributed by atoms with Gasteiger partial charge in [-0.1, -0.05) is 13.8 Å². The monoisotopic (exact) mass is 236 g/mol. The zero-order valence-corrected chi connectivity index (χ0v) is 10.6. The lowest BCUT2D eigenvalue weighted by atomic mass is 10.1. The summed E-state index contributed by atoms with van der Waals surface area (Å²) in [6.07, 6.45) is 2.98. The number of ketones is 1. The summed E-state index contributed by atoms with van der Waals surface area (Å²) >= 11 is 0. The first-order chi connectivity index (χ1) is 8.15. The molecule has 0 unspecified atom stereocenters. The van der Waals surface area contributed by atoms with Crippen LogP contribution in [0.5, 0.6) is 0 Å². The van der Waals surface area contributed by atoms with Gasteiger partial charge in [0.05, 0.1) is 6.54 Å². The summed E-state index contributed by atoms with van der Waals surface area (Å²) in [6.45, 7) is 7.76. The number of carbonyl (C=O) groups excluding carboxylic acids is 1. The van der Waals surface area contributed by atoms with E-state index >= 15 is 0 Å². The molecule has 0 amide bonds. The lowest BCUT2D eigenvalue weighted by Gasteiger charge is -2.25. The molecule has 17 heavy (non-hydrogen) atoms. The van der Waals surface area contributed by atoms with E-state index in [0.717, 1.165) is 32.0 Å². The van der Waals surface area contributed by atoms with Gasteiger partial charge >= 0.3 is 0 Å². The third-order valence-corrected chi connectivity index (χ3v) is 3.01. The van der Waals surface area contributed by atoms with E-state index in [4.69, 9.17) is 0 Å². The van der Waals surface area contributed by atoms with Crippen molar-refractivity contribution in [3.05, 3.63) is 12.2 Å². The Bertz CT molecular complexity index is 376. The summed E-state index contributed by atoms with van der Waals surface area (Å²) in [5.74, 6) is 1.95. The highest BCUT2D eigenvalue weighted by Gasteiger charge is 2.18. The molecule has 5 nitrogen and oxygen atoms in total. The molecular weight excluding hydrogens is 216 g/mol. The molecule has 94 valence electrons. The van der Waals surface area contributed by atoms with Crippen LogP contribution in [0.1, 0.15) is 32.5 Å². The molecule has 5 heteroatoms. The summed E-state index contributed by atoms with van der Waals surface area (Å²) < 4.78 is 1.97. The Hall–Kier alpha value is -1.23. The van der Waals surface area contributed by atoms with E-state index in [-0.39, 0.29) is 0 Å². The van der Waals surface area contributed by atoms with Crippen LogP contribution in [0.25, 0.3) is 0 Å². The molecule has 0 spiro atoms. The predicted octanol–water partition coefficient (Wildman–Crippen LogP) is 1.10. The Kier molecular flexibility index (Phi) is 3.89. The van der Waals surface area contributed by atoms with Crippen LogP contribution in [0.4, 0.5) is 0 Å². The maximum absolute atomic E-state index is 11.2. The minimum absolute atomic E-state index is 0.380. The molecule has 0 aliphatic carbocycles.